The number of ether oxygens (including phenoxy) is 1. The first-order valence-corrected chi connectivity index (χ1v) is 10.5. The van der Waals surface area contributed by atoms with E-state index in [0.29, 0.717) is 19.7 Å². The van der Waals surface area contributed by atoms with Gasteiger partial charge in [-0.1, -0.05) is 30.9 Å². The molecule has 0 unspecified atom stereocenters. The average molecular weight is 400 g/mol. The summed E-state index contributed by atoms with van der Waals surface area (Å²) in [4.78, 5) is 23.3. The first-order chi connectivity index (χ1) is 14.2. The highest BCUT2D eigenvalue weighted by atomic mass is 16.5. The predicted octanol–water partition coefficient (Wildman–Crippen LogP) is 1.57. The summed E-state index contributed by atoms with van der Waals surface area (Å²) < 4.78 is 5.74. The van der Waals surface area contributed by atoms with Crippen molar-refractivity contribution >= 4 is 11.9 Å². The van der Waals surface area contributed by atoms with Crippen molar-refractivity contribution < 1.29 is 9.53 Å². The van der Waals surface area contributed by atoms with Gasteiger partial charge in [0.1, 0.15) is 12.4 Å². The van der Waals surface area contributed by atoms with Crippen molar-refractivity contribution in [3.05, 3.63) is 42.5 Å². The monoisotopic (exact) mass is 399 g/mol. The Hall–Kier alpha value is -2.54. The molecule has 0 saturated carbocycles. The molecule has 2 aliphatic rings. The molecule has 1 amide bonds. The third kappa shape index (κ3) is 5.97. The highest BCUT2D eigenvalue weighted by Gasteiger charge is 2.24. The van der Waals surface area contributed by atoms with Crippen LogP contribution in [0.3, 0.4) is 0 Å². The van der Waals surface area contributed by atoms with Crippen molar-refractivity contribution in [3.8, 4) is 5.75 Å². The minimum absolute atomic E-state index is 0.273. The molecule has 7 nitrogen and oxygen atoms in total. The van der Waals surface area contributed by atoms with Crippen molar-refractivity contribution in [1.82, 2.24) is 20.0 Å². The summed E-state index contributed by atoms with van der Waals surface area (Å²) >= 11 is 0. The molecule has 1 N–H and O–H groups in total. The topological polar surface area (TPSA) is 60.4 Å². The van der Waals surface area contributed by atoms with E-state index in [1.165, 1.54) is 0 Å². The third-order valence-electron chi connectivity index (χ3n) is 5.47. The highest BCUT2D eigenvalue weighted by Crippen LogP contribution is 2.18. The number of carbonyl (C=O) groups excluding carboxylic acids is 1. The molecular weight excluding hydrogens is 366 g/mol. The Morgan fingerprint density at radius 2 is 1.86 bits per heavy atom. The molecule has 2 aliphatic heterocycles. The summed E-state index contributed by atoms with van der Waals surface area (Å²) in [5.74, 6) is 2.02. The number of benzene rings is 1. The summed E-state index contributed by atoms with van der Waals surface area (Å²) in [6.07, 6.45) is 4.03. The third-order valence-corrected chi connectivity index (χ3v) is 5.47. The van der Waals surface area contributed by atoms with Gasteiger partial charge in [-0.05, 0) is 18.9 Å². The Balaban J connectivity index is 1.47. The minimum Gasteiger partial charge on any atom is -0.489 e. The van der Waals surface area contributed by atoms with Gasteiger partial charge in [-0.2, -0.15) is 0 Å². The van der Waals surface area contributed by atoms with Gasteiger partial charge in [0, 0.05) is 58.4 Å². The van der Waals surface area contributed by atoms with Crippen molar-refractivity contribution in [2.75, 3.05) is 59.5 Å². The highest BCUT2D eigenvalue weighted by molar-refractivity contribution is 5.80. The van der Waals surface area contributed by atoms with Gasteiger partial charge in [-0.15, -0.1) is 0 Å². The molecule has 1 aromatic rings. The number of hydrogen-bond acceptors (Lipinski definition) is 4. The van der Waals surface area contributed by atoms with Gasteiger partial charge >= 0.3 is 0 Å². The number of rotatable bonds is 7. The molecule has 2 heterocycles. The number of nitrogens with one attached hydrogen (secondary N) is 1. The van der Waals surface area contributed by atoms with E-state index in [9.17, 15) is 4.79 Å². The lowest BCUT2D eigenvalue weighted by Gasteiger charge is -2.36. The van der Waals surface area contributed by atoms with Gasteiger partial charge in [0.05, 0.1) is 6.54 Å². The molecule has 29 heavy (non-hydrogen) atoms. The molecule has 2 fully saturated rings. The van der Waals surface area contributed by atoms with Crippen LogP contribution >= 0.6 is 0 Å². The maximum Gasteiger partial charge on any atom is 0.236 e. The number of guanidine groups is 1. The van der Waals surface area contributed by atoms with Crippen LogP contribution < -0.4 is 10.1 Å². The summed E-state index contributed by atoms with van der Waals surface area (Å²) in [6.45, 7) is 10.7. The Labute approximate surface area is 174 Å². The summed E-state index contributed by atoms with van der Waals surface area (Å²) in [6, 6.07) is 8.01. The predicted molar refractivity (Wildman–Crippen MR) is 116 cm³/mol. The molecule has 0 spiro atoms. The number of amides is 1. The molecule has 1 aromatic carbocycles. The van der Waals surface area contributed by atoms with Gasteiger partial charge in [0.15, 0.2) is 5.96 Å². The fourth-order valence-electron chi connectivity index (χ4n) is 3.82. The van der Waals surface area contributed by atoms with Crippen LogP contribution in [0.15, 0.2) is 41.9 Å². The lowest BCUT2D eigenvalue weighted by molar-refractivity contribution is -0.131. The number of carbonyl (C=O) groups is 1. The molecule has 158 valence electrons. The second-order valence-corrected chi connectivity index (χ2v) is 7.46. The SMILES string of the molecule is C=CCOc1ccccc1CNC(=NC)N1CCN(CC(=O)N2CCCC2)CC1. The Kier molecular flexibility index (Phi) is 7.93. The lowest BCUT2D eigenvalue weighted by atomic mass is 10.2. The maximum atomic E-state index is 12.4. The smallest absolute Gasteiger partial charge is 0.236 e. The van der Waals surface area contributed by atoms with Crippen LogP contribution in [0.2, 0.25) is 0 Å². The number of hydrogen-bond donors (Lipinski definition) is 1. The van der Waals surface area contributed by atoms with Crippen molar-refractivity contribution in [1.29, 1.82) is 0 Å². The molecular formula is C22H33N5O2. The van der Waals surface area contributed by atoms with E-state index in [-0.39, 0.29) is 5.91 Å². The van der Waals surface area contributed by atoms with E-state index < -0.39 is 0 Å². The number of nitrogens with zero attached hydrogens (tertiary/aromatic N) is 4. The quantitative estimate of drug-likeness (QED) is 0.428. The van der Waals surface area contributed by atoms with Crippen LogP contribution in [0, 0.1) is 0 Å². The second-order valence-electron chi connectivity index (χ2n) is 7.46. The summed E-state index contributed by atoms with van der Waals surface area (Å²) in [5, 5.41) is 3.45. The average Bonchev–Trinajstić information content (AvgIpc) is 3.29. The van der Waals surface area contributed by atoms with Crippen molar-refractivity contribution in [3.63, 3.8) is 0 Å². The molecule has 7 heteroatoms. The summed E-state index contributed by atoms with van der Waals surface area (Å²) in [7, 11) is 1.81. The molecule has 0 bridgehead atoms. The Morgan fingerprint density at radius 3 is 2.55 bits per heavy atom. The number of para-hydroxylation sites is 1. The standard InChI is InChI=1S/C22H33N5O2/c1-3-16-29-20-9-5-4-8-19(20)17-24-22(23-2)27-14-12-25(13-15-27)18-21(28)26-10-6-7-11-26/h3-5,8-9H,1,6-7,10-18H2,2H3,(H,23,24). The van der Waals surface area contributed by atoms with Gasteiger partial charge in [0.2, 0.25) is 5.91 Å². The molecule has 0 aromatic heterocycles. The fraction of sp³-hybridized carbons (Fsp3) is 0.545. The Morgan fingerprint density at radius 1 is 1.14 bits per heavy atom. The fourth-order valence-corrected chi connectivity index (χ4v) is 3.82. The van der Waals surface area contributed by atoms with E-state index in [0.717, 1.165) is 69.4 Å². The largest absolute Gasteiger partial charge is 0.489 e. The molecule has 0 radical (unpaired) electrons. The van der Waals surface area contributed by atoms with Crippen LogP contribution in [0.4, 0.5) is 0 Å². The Bertz CT molecular complexity index is 707. The van der Waals surface area contributed by atoms with E-state index in [4.69, 9.17) is 4.74 Å². The van der Waals surface area contributed by atoms with Crippen molar-refractivity contribution in [2.24, 2.45) is 4.99 Å². The maximum absolute atomic E-state index is 12.4. The van der Waals surface area contributed by atoms with Crippen LogP contribution in [-0.2, 0) is 11.3 Å². The zero-order valence-corrected chi connectivity index (χ0v) is 17.5. The van der Waals surface area contributed by atoms with Crippen molar-refractivity contribution in [2.45, 2.75) is 19.4 Å². The minimum atomic E-state index is 0.273. The van der Waals surface area contributed by atoms with Crippen LogP contribution in [-0.4, -0.2) is 86.0 Å². The number of likely N-dealkylation sites (tertiary alicyclic amines) is 1. The van der Waals surface area contributed by atoms with E-state index in [2.05, 4.69) is 32.8 Å². The second kappa shape index (κ2) is 10.9. The molecule has 3 rings (SSSR count). The zero-order chi connectivity index (χ0) is 20.5. The van der Waals surface area contributed by atoms with E-state index in [1.807, 2.05) is 30.1 Å². The first kappa shape index (κ1) is 21.2. The molecule has 2 saturated heterocycles. The van der Waals surface area contributed by atoms with Gasteiger partial charge in [-0.25, -0.2) is 0 Å². The van der Waals surface area contributed by atoms with Crippen LogP contribution in [0.25, 0.3) is 0 Å². The normalized spacial score (nSPS) is 18.0. The van der Waals surface area contributed by atoms with Gasteiger partial charge < -0.3 is 19.9 Å². The number of piperazine rings is 1. The summed E-state index contributed by atoms with van der Waals surface area (Å²) in [5.41, 5.74) is 1.09. The van der Waals surface area contributed by atoms with Crippen LogP contribution in [0.1, 0.15) is 18.4 Å². The van der Waals surface area contributed by atoms with E-state index in [1.54, 1.807) is 6.08 Å². The zero-order valence-electron chi connectivity index (χ0n) is 17.5. The molecule has 0 atom stereocenters. The van der Waals surface area contributed by atoms with Gasteiger partial charge in [-0.3, -0.25) is 14.7 Å². The van der Waals surface area contributed by atoms with Crippen LogP contribution in [0.5, 0.6) is 5.75 Å². The lowest BCUT2D eigenvalue weighted by Crippen LogP contribution is -2.54. The molecule has 0 aliphatic carbocycles. The van der Waals surface area contributed by atoms with E-state index >= 15 is 0 Å². The first-order valence-electron chi connectivity index (χ1n) is 10.5. The number of aliphatic imine (C=N–C) groups is 1. The van der Waals surface area contributed by atoms with Gasteiger partial charge in [0.25, 0.3) is 0 Å².